The van der Waals surface area contributed by atoms with E-state index in [4.69, 9.17) is 13.9 Å². The predicted molar refractivity (Wildman–Crippen MR) is 94.1 cm³/mol. The lowest BCUT2D eigenvalue weighted by atomic mass is 10.0. The molecular weight excluding hydrogens is 376 g/mol. The Balaban J connectivity index is 1.58. The van der Waals surface area contributed by atoms with Crippen molar-refractivity contribution in [3.63, 3.8) is 0 Å². The van der Waals surface area contributed by atoms with Crippen LogP contribution in [0.4, 0.5) is 0 Å². The van der Waals surface area contributed by atoms with Gasteiger partial charge in [0.2, 0.25) is 0 Å². The van der Waals surface area contributed by atoms with Crippen molar-refractivity contribution >= 4 is 11.8 Å². The van der Waals surface area contributed by atoms with Crippen LogP contribution in [0.15, 0.2) is 33.9 Å². The maximum atomic E-state index is 10.0. The monoisotopic (exact) mass is 398 g/mol. The number of ether oxygens (including phenoxy) is 2. The van der Waals surface area contributed by atoms with E-state index >= 15 is 0 Å². The molecule has 0 saturated carbocycles. The van der Waals surface area contributed by atoms with E-state index in [0.29, 0.717) is 5.75 Å². The van der Waals surface area contributed by atoms with Crippen LogP contribution in [0, 0.1) is 0 Å². The van der Waals surface area contributed by atoms with Crippen LogP contribution in [0.5, 0.6) is 5.75 Å². The Labute approximate surface area is 159 Å². The quantitative estimate of drug-likeness (QED) is 0.508. The SMILES string of the molecule is CCc1cccc(OCc2nnc(S[C@@H]3O[C@H](CO)[C@H](O)[C@H](O)[C@H]3O)o2)c1. The lowest BCUT2D eigenvalue weighted by Gasteiger charge is -2.38. The van der Waals surface area contributed by atoms with E-state index in [1.54, 1.807) is 0 Å². The molecule has 0 amide bonds. The molecule has 0 unspecified atom stereocenters. The Morgan fingerprint density at radius 1 is 1.15 bits per heavy atom. The van der Waals surface area contributed by atoms with Crippen molar-refractivity contribution in [1.29, 1.82) is 0 Å². The number of nitrogens with zero attached hydrogens (tertiary/aromatic N) is 2. The third kappa shape index (κ3) is 4.78. The minimum absolute atomic E-state index is 0.0788. The van der Waals surface area contributed by atoms with Gasteiger partial charge in [-0.1, -0.05) is 19.1 Å². The van der Waals surface area contributed by atoms with E-state index < -0.39 is 36.5 Å². The summed E-state index contributed by atoms with van der Waals surface area (Å²) in [5.74, 6) is 0.930. The molecule has 27 heavy (non-hydrogen) atoms. The Kier molecular flexibility index (Phi) is 6.68. The van der Waals surface area contributed by atoms with Gasteiger partial charge in [0.1, 0.15) is 35.6 Å². The average Bonchev–Trinajstić information content (AvgIpc) is 3.14. The summed E-state index contributed by atoms with van der Waals surface area (Å²) < 4.78 is 16.5. The molecule has 0 spiro atoms. The zero-order valence-corrected chi connectivity index (χ0v) is 15.5. The van der Waals surface area contributed by atoms with Gasteiger partial charge >= 0.3 is 0 Å². The van der Waals surface area contributed by atoms with Crippen molar-refractivity contribution in [3.05, 3.63) is 35.7 Å². The first-order valence-corrected chi connectivity index (χ1v) is 9.41. The Morgan fingerprint density at radius 3 is 2.70 bits per heavy atom. The van der Waals surface area contributed by atoms with Gasteiger partial charge in [0, 0.05) is 0 Å². The van der Waals surface area contributed by atoms with Gasteiger partial charge in [0.15, 0.2) is 6.61 Å². The van der Waals surface area contributed by atoms with E-state index in [-0.39, 0.29) is 17.7 Å². The van der Waals surface area contributed by atoms with Gasteiger partial charge in [-0.25, -0.2) is 0 Å². The fourth-order valence-corrected chi connectivity index (χ4v) is 3.54. The molecule has 3 rings (SSSR count). The topological polar surface area (TPSA) is 138 Å². The van der Waals surface area contributed by atoms with Gasteiger partial charge in [-0.15, -0.1) is 10.2 Å². The standard InChI is InChI=1S/C17H22N2O7S/c1-2-9-4-3-5-10(6-9)24-8-12-18-19-17(26-12)27-16-15(23)14(22)13(21)11(7-20)25-16/h3-6,11,13-16,20-23H,2,7-8H2,1H3/t11-,13+,14+,15-,16+/m1/s1. The molecule has 0 radical (unpaired) electrons. The van der Waals surface area contributed by atoms with Crippen LogP contribution in [-0.4, -0.2) is 67.1 Å². The van der Waals surface area contributed by atoms with Crippen molar-refractivity contribution in [2.75, 3.05) is 6.61 Å². The first kappa shape index (κ1) is 20.1. The van der Waals surface area contributed by atoms with Crippen molar-refractivity contribution < 1.29 is 34.3 Å². The van der Waals surface area contributed by atoms with Crippen molar-refractivity contribution in [1.82, 2.24) is 10.2 Å². The number of aryl methyl sites for hydroxylation is 1. The highest BCUT2D eigenvalue weighted by atomic mass is 32.2. The Hall–Kier alpha value is -1.69. The van der Waals surface area contributed by atoms with E-state index in [2.05, 4.69) is 17.1 Å². The summed E-state index contributed by atoms with van der Waals surface area (Å²) in [5, 5.41) is 46.7. The Bertz CT molecular complexity index is 742. The van der Waals surface area contributed by atoms with Gasteiger partial charge in [-0.3, -0.25) is 0 Å². The second kappa shape index (κ2) is 9.00. The number of aliphatic hydroxyl groups excluding tert-OH is 4. The molecule has 2 aromatic rings. The molecule has 5 atom stereocenters. The van der Waals surface area contributed by atoms with E-state index in [1.807, 2.05) is 24.3 Å². The molecule has 0 aliphatic carbocycles. The molecule has 1 saturated heterocycles. The molecule has 1 fully saturated rings. The number of rotatable bonds is 7. The second-order valence-electron chi connectivity index (χ2n) is 6.07. The molecular formula is C17H22N2O7S. The summed E-state index contributed by atoms with van der Waals surface area (Å²) in [6.45, 7) is 1.64. The van der Waals surface area contributed by atoms with Crippen LogP contribution >= 0.6 is 11.8 Å². The molecule has 148 valence electrons. The second-order valence-corrected chi connectivity index (χ2v) is 7.12. The van der Waals surface area contributed by atoms with Crippen LogP contribution in [-0.2, 0) is 17.8 Å². The van der Waals surface area contributed by atoms with E-state index in [9.17, 15) is 20.4 Å². The van der Waals surface area contributed by atoms with E-state index in [0.717, 1.165) is 23.7 Å². The molecule has 4 N–H and O–H groups in total. The summed E-state index contributed by atoms with van der Waals surface area (Å²) in [6, 6.07) is 7.68. The number of benzene rings is 1. The van der Waals surface area contributed by atoms with Gasteiger partial charge in [-0.05, 0) is 35.9 Å². The summed E-state index contributed by atoms with van der Waals surface area (Å²) in [7, 11) is 0. The highest BCUT2D eigenvalue weighted by molar-refractivity contribution is 7.99. The largest absolute Gasteiger partial charge is 0.484 e. The average molecular weight is 398 g/mol. The fraction of sp³-hybridized carbons (Fsp3) is 0.529. The minimum Gasteiger partial charge on any atom is -0.484 e. The zero-order valence-electron chi connectivity index (χ0n) is 14.6. The normalized spacial score (nSPS) is 28.3. The molecule has 1 aliphatic rings. The van der Waals surface area contributed by atoms with E-state index in [1.165, 1.54) is 0 Å². The number of thioether (sulfide) groups is 1. The maximum absolute atomic E-state index is 10.0. The lowest BCUT2D eigenvalue weighted by Crippen LogP contribution is -2.57. The van der Waals surface area contributed by atoms with Gasteiger partial charge in [0.25, 0.3) is 11.1 Å². The van der Waals surface area contributed by atoms with Crippen LogP contribution in [0.3, 0.4) is 0 Å². The van der Waals surface area contributed by atoms with Crippen LogP contribution in [0.25, 0.3) is 0 Å². The van der Waals surface area contributed by atoms with Gasteiger partial charge in [0.05, 0.1) is 6.61 Å². The summed E-state index contributed by atoms with van der Waals surface area (Å²) in [6.07, 6.45) is -4.33. The summed E-state index contributed by atoms with van der Waals surface area (Å²) in [5.41, 5.74) is 0.174. The molecule has 10 heteroatoms. The smallest absolute Gasteiger partial charge is 0.279 e. The molecule has 9 nitrogen and oxygen atoms in total. The van der Waals surface area contributed by atoms with Crippen LogP contribution < -0.4 is 4.74 Å². The molecule has 2 heterocycles. The number of aromatic nitrogens is 2. The predicted octanol–water partition coefficient (Wildman–Crippen LogP) is 0.103. The van der Waals surface area contributed by atoms with Crippen molar-refractivity contribution in [3.8, 4) is 5.75 Å². The zero-order chi connectivity index (χ0) is 19.4. The third-order valence-electron chi connectivity index (χ3n) is 4.18. The number of hydrogen-bond donors (Lipinski definition) is 4. The first-order chi connectivity index (χ1) is 13.0. The van der Waals surface area contributed by atoms with Crippen molar-refractivity contribution in [2.24, 2.45) is 0 Å². The third-order valence-corrected chi connectivity index (χ3v) is 5.17. The maximum Gasteiger partial charge on any atom is 0.279 e. The number of hydrogen-bond acceptors (Lipinski definition) is 10. The first-order valence-electron chi connectivity index (χ1n) is 8.53. The van der Waals surface area contributed by atoms with Crippen LogP contribution in [0.2, 0.25) is 0 Å². The fourth-order valence-electron chi connectivity index (χ4n) is 2.61. The summed E-state index contributed by atoms with van der Waals surface area (Å²) >= 11 is 0.896. The Morgan fingerprint density at radius 2 is 1.96 bits per heavy atom. The number of aliphatic hydroxyl groups is 4. The van der Waals surface area contributed by atoms with Gasteiger partial charge in [-0.2, -0.15) is 0 Å². The molecule has 1 aromatic carbocycles. The van der Waals surface area contributed by atoms with Crippen LogP contribution in [0.1, 0.15) is 18.4 Å². The molecule has 1 aromatic heterocycles. The van der Waals surface area contributed by atoms with Crippen molar-refractivity contribution in [2.45, 2.75) is 55.0 Å². The molecule has 0 bridgehead atoms. The highest BCUT2D eigenvalue weighted by Crippen LogP contribution is 2.32. The molecule has 1 aliphatic heterocycles. The van der Waals surface area contributed by atoms with Gasteiger partial charge < -0.3 is 34.3 Å². The highest BCUT2D eigenvalue weighted by Gasteiger charge is 2.44. The minimum atomic E-state index is -1.45. The lowest BCUT2D eigenvalue weighted by molar-refractivity contribution is -0.205. The summed E-state index contributed by atoms with van der Waals surface area (Å²) in [4.78, 5) is 0.